The second kappa shape index (κ2) is 8.56. The van der Waals surface area contributed by atoms with Gasteiger partial charge in [0.25, 0.3) is 0 Å². The number of nitrogens with one attached hydrogen (secondary N) is 1. The van der Waals surface area contributed by atoms with Crippen molar-refractivity contribution in [2.75, 3.05) is 30.9 Å². The number of benzene rings is 2. The molecule has 0 aliphatic carbocycles. The molecule has 2 aromatic heterocycles. The molecule has 1 aliphatic rings. The van der Waals surface area contributed by atoms with Gasteiger partial charge in [0.2, 0.25) is 5.91 Å². The smallest absolute Gasteiger partial charge is 0.237 e. The zero-order chi connectivity index (χ0) is 21.2. The predicted octanol–water partition coefficient (Wildman–Crippen LogP) is 3.75. The van der Waals surface area contributed by atoms with Gasteiger partial charge in [-0.25, -0.2) is 0 Å². The number of ether oxygens (including phenoxy) is 1. The molecule has 4 aromatic rings. The van der Waals surface area contributed by atoms with Gasteiger partial charge in [-0.2, -0.15) is 0 Å². The maximum atomic E-state index is 12.9. The molecule has 7 nitrogen and oxygen atoms in total. The lowest BCUT2D eigenvalue weighted by Crippen LogP contribution is -2.30. The molecule has 0 unspecified atom stereocenters. The van der Waals surface area contributed by atoms with Gasteiger partial charge in [0.15, 0.2) is 11.0 Å². The number of hydrogen-bond acceptors (Lipinski definition) is 5. The Hall–Kier alpha value is -3.10. The van der Waals surface area contributed by atoms with Crippen LogP contribution in [0.5, 0.6) is 0 Å². The van der Waals surface area contributed by atoms with Crippen LogP contribution in [0.2, 0.25) is 0 Å². The summed E-state index contributed by atoms with van der Waals surface area (Å²) in [5, 5.41) is 10.7. The van der Waals surface area contributed by atoms with Gasteiger partial charge in [-0.15, -0.1) is 10.2 Å². The summed E-state index contributed by atoms with van der Waals surface area (Å²) in [5.41, 5.74) is 4.29. The first-order valence-corrected chi connectivity index (χ1v) is 11.2. The fraction of sp³-hybridized carbons (Fsp3) is 0.261. The Morgan fingerprint density at radius 2 is 2.00 bits per heavy atom. The van der Waals surface area contributed by atoms with Crippen molar-refractivity contribution in [3.63, 3.8) is 0 Å². The molecule has 0 saturated carbocycles. The molecule has 2 aromatic carbocycles. The molecular weight excluding hydrogens is 410 g/mol. The van der Waals surface area contributed by atoms with Crippen LogP contribution in [-0.4, -0.2) is 51.7 Å². The standard InChI is InChI=1S/C23H23N5O2S/c1-30-13-12-28-22(18-14-24-19-8-4-3-7-17(18)19)25-26-23(28)31-15-21(29)27-11-10-16-6-2-5-9-20(16)27/h2-9,14,24H,10-13,15H2,1H3. The van der Waals surface area contributed by atoms with Gasteiger partial charge in [0.05, 0.1) is 18.9 Å². The molecule has 31 heavy (non-hydrogen) atoms. The normalized spacial score (nSPS) is 13.1. The maximum Gasteiger partial charge on any atom is 0.237 e. The molecule has 0 saturated heterocycles. The third-order valence-electron chi connectivity index (χ3n) is 5.58. The lowest BCUT2D eigenvalue weighted by molar-refractivity contribution is -0.116. The summed E-state index contributed by atoms with van der Waals surface area (Å²) >= 11 is 1.42. The molecule has 0 fully saturated rings. The van der Waals surface area contributed by atoms with Crippen molar-refractivity contribution in [2.24, 2.45) is 0 Å². The number of carbonyl (C=O) groups excluding carboxylic acids is 1. The number of H-pyrrole nitrogens is 1. The molecule has 1 aliphatic heterocycles. The van der Waals surface area contributed by atoms with Gasteiger partial charge < -0.3 is 14.6 Å². The van der Waals surface area contributed by atoms with E-state index in [2.05, 4.69) is 27.3 Å². The fourth-order valence-electron chi connectivity index (χ4n) is 4.04. The van der Waals surface area contributed by atoms with Gasteiger partial charge in [0.1, 0.15) is 0 Å². The Bertz CT molecular complexity index is 1230. The van der Waals surface area contributed by atoms with Crippen LogP contribution in [0.4, 0.5) is 5.69 Å². The van der Waals surface area contributed by atoms with E-state index in [-0.39, 0.29) is 5.91 Å². The highest BCUT2D eigenvalue weighted by Crippen LogP contribution is 2.31. The molecule has 1 amide bonds. The third-order valence-corrected chi connectivity index (χ3v) is 6.53. The van der Waals surface area contributed by atoms with Crippen LogP contribution in [0.3, 0.4) is 0 Å². The topological polar surface area (TPSA) is 76.0 Å². The zero-order valence-corrected chi connectivity index (χ0v) is 18.1. The van der Waals surface area contributed by atoms with Crippen molar-refractivity contribution in [3.8, 4) is 11.4 Å². The van der Waals surface area contributed by atoms with E-state index in [1.807, 2.05) is 52.1 Å². The van der Waals surface area contributed by atoms with Crippen molar-refractivity contribution < 1.29 is 9.53 Å². The highest BCUT2D eigenvalue weighted by molar-refractivity contribution is 7.99. The average molecular weight is 434 g/mol. The lowest BCUT2D eigenvalue weighted by atomic mass is 10.1. The maximum absolute atomic E-state index is 12.9. The summed E-state index contributed by atoms with van der Waals surface area (Å²) < 4.78 is 7.34. The summed E-state index contributed by atoms with van der Waals surface area (Å²) in [5.74, 6) is 1.17. The molecule has 8 heteroatoms. The average Bonchev–Trinajstić information content (AvgIpc) is 3.52. The number of nitrogens with zero attached hydrogens (tertiary/aromatic N) is 4. The number of para-hydroxylation sites is 2. The van der Waals surface area contributed by atoms with Gasteiger partial charge >= 0.3 is 0 Å². The number of fused-ring (bicyclic) bond motifs is 2. The van der Waals surface area contributed by atoms with E-state index in [0.717, 1.165) is 46.1 Å². The van der Waals surface area contributed by atoms with E-state index in [1.54, 1.807) is 7.11 Å². The summed E-state index contributed by atoms with van der Waals surface area (Å²) in [7, 11) is 1.68. The summed E-state index contributed by atoms with van der Waals surface area (Å²) in [6.45, 7) is 1.88. The third kappa shape index (κ3) is 3.73. The van der Waals surface area contributed by atoms with Gasteiger partial charge in [0, 0.05) is 42.0 Å². The minimum Gasteiger partial charge on any atom is -0.383 e. The molecule has 3 heterocycles. The molecule has 5 rings (SSSR count). The number of anilines is 1. The van der Waals surface area contributed by atoms with Crippen LogP contribution < -0.4 is 4.90 Å². The first-order chi connectivity index (χ1) is 15.3. The number of carbonyl (C=O) groups is 1. The lowest BCUT2D eigenvalue weighted by Gasteiger charge is -2.17. The first kappa shape index (κ1) is 19.8. The Labute approximate surface area is 184 Å². The Morgan fingerprint density at radius 1 is 1.16 bits per heavy atom. The quantitative estimate of drug-likeness (QED) is 0.449. The van der Waals surface area contributed by atoms with Crippen molar-refractivity contribution in [3.05, 3.63) is 60.3 Å². The van der Waals surface area contributed by atoms with Crippen molar-refractivity contribution in [1.29, 1.82) is 0 Å². The van der Waals surface area contributed by atoms with E-state index >= 15 is 0 Å². The van der Waals surface area contributed by atoms with Crippen LogP contribution in [0.15, 0.2) is 59.9 Å². The SMILES string of the molecule is COCCn1c(SCC(=O)N2CCc3ccccc32)nnc1-c1c[nH]c2ccccc12. The minimum absolute atomic E-state index is 0.0879. The Balaban J connectivity index is 1.39. The second-order valence-corrected chi connectivity index (χ2v) is 8.35. The fourth-order valence-corrected chi connectivity index (χ4v) is 4.88. The van der Waals surface area contributed by atoms with E-state index in [4.69, 9.17) is 4.74 Å². The summed E-state index contributed by atoms with van der Waals surface area (Å²) in [6, 6.07) is 16.2. The van der Waals surface area contributed by atoms with Gasteiger partial charge in [-0.3, -0.25) is 9.36 Å². The molecule has 1 N–H and O–H groups in total. The van der Waals surface area contributed by atoms with Crippen molar-refractivity contribution in [2.45, 2.75) is 18.1 Å². The number of aromatic nitrogens is 4. The molecule has 158 valence electrons. The van der Waals surface area contributed by atoms with Crippen LogP contribution in [0.25, 0.3) is 22.3 Å². The van der Waals surface area contributed by atoms with Crippen molar-refractivity contribution >= 4 is 34.3 Å². The van der Waals surface area contributed by atoms with Crippen LogP contribution >= 0.6 is 11.8 Å². The first-order valence-electron chi connectivity index (χ1n) is 10.3. The molecular formula is C23H23N5O2S. The van der Waals surface area contributed by atoms with Gasteiger partial charge in [-0.05, 0) is 24.1 Å². The predicted molar refractivity (Wildman–Crippen MR) is 122 cm³/mol. The Kier molecular flexibility index (Phi) is 5.48. The molecule has 0 spiro atoms. The highest BCUT2D eigenvalue weighted by Gasteiger charge is 2.25. The number of thioether (sulfide) groups is 1. The minimum atomic E-state index is 0.0879. The second-order valence-electron chi connectivity index (χ2n) is 7.41. The monoisotopic (exact) mass is 433 g/mol. The van der Waals surface area contributed by atoms with Crippen LogP contribution in [0.1, 0.15) is 5.56 Å². The van der Waals surface area contributed by atoms with Crippen molar-refractivity contribution in [1.82, 2.24) is 19.7 Å². The van der Waals surface area contributed by atoms with Crippen LogP contribution in [0, 0.1) is 0 Å². The van der Waals surface area contributed by atoms with E-state index in [0.29, 0.717) is 18.9 Å². The summed E-state index contributed by atoms with van der Waals surface area (Å²) in [6.07, 6.45) is 2.86. The Morgan fingerprint density at radius 3 is 2.90 bits per heavy atom. The molecule has 0 bridgehead atoms. The van der Waals surface area contributed by atoms with Gasteiger partial charge in [-0.1, -0.05) is 48.2 Å². The zero-order valence-electron chi connectivity index (χ0n) is 17.2. The van der Waals surface area contributed by atoms with E-state index < -0.39 is 0 Å². The number of hydrogen-bond donors (Lipinski definition) is 1. The largest absolute Gasteiger partial charge is 0.383 e. The number of amides is 1. The number of methoxy groups -OCH3 is 1. The molecule has 0 atom stereocenters. The highest BCUT2D eigenvalue weighted by atomic mass is 32.2. The van der Waals surface area contributed by atoms with E-state index in [1.165, 1.54) is 17.3 Å². The molecule has 0 radical (unpaired) electrons. The summed E-state index contributed by atoms with van der Waals surface area (Å²) in [4.78, 5) is 18.1. The van der Waals surface area contributed by atoms with Crippen LogP contribution in [-0.2, 0) is 22.5 Å². The number of aromatic amines is 1. The number of rotatable bonds is 7. The van der Waals surface area contributed by atoms with E-state index in [9.17, 15) is 4.79 Å².